The van der Waals surface area contributed by atoms with Crippen molar-refractivity contribution in [2.45, 2.75) is 55.6 Å². The van der Waals surface area contributed by atoms with Crippen LogP contribution in [0.25, 0.3) is 0 Å². The maximum Gasteiger partial charge on any atom is 0.294 e. The molecule has 0 aromatic heterocycles. The van der Waals surface area contributed by atoms with Crippen molar-refractivity contribution in [3.8, 4) is 0 Å². The Labute approximate surface area is 178 Å². The Kier molecular flexibility index (Phi) is 12.7. The Morgan fingerprint density at radius 3 is 1.20 bits per heavy atom. The minimum atomic E-state index is -4.00. The molecule has 0 aliphatic heterocycles. The van der Waals surface area contributed by atoms with Crippen LogP contribution in [0.3, 0.4) is 0 Å². The van der Waals surface area contributed by atoms with Crippen molar-refractivity contribution in [3.05, 3.63) is 60.7 Å². The molecule has 2 rings (SSSR count). The molecule has 0 aliphatic carbocycles. The summed E-state index contributed by atoms with van der Waals surface area (Å²) < 4.78 is 58.5. The number of rotatable bonds is 6. The highest BCUT2D eigenvalue weighted by Crippen LogP contribution is 2.09. The molecule has 10 heteroatoms. The van der Waals surface area contributed by atoms with E-state index >= 15 is 0 Å². The number of aliphatic hydroxyl groups excluding tert-OH is 2. The van der Waals surface area contributed by atoms with E-state index in [0.29, 0.717) is 12.3 Å². The summed E-state index contributed by atoms with van der Waals surface area (Å²) in [4.78, 5) is -0.148. The van der Waals surface area contributed by atoms with Crippen LogP contribution in [0.2, 0.25) is 0 Å². The Morgan fingerprint density at radius 1 is 0.667 bits per heavy atom. The van der Waals surface area contributed by atoms with Gasteiger partial charge in [0.15, 0.2) is 0 Å². The third-order valence-corrected chi connectivity index (χ3v) is 5.17. The molecule has 170 valence electrons. The van der Waals surface area contributed by atoms with Crippen LogP contribution in [0.4, 0.5) is 0 Å². The zero-order chi connectivity index (χ0) is 23.4. The number of aliphatic hydroxyl groups is 2. The van der Waals surface area contributed by atoms with Crippen molar-refractivity contribution in [2.75, 3.05) is 0 Å². The lowest BCUT2D eigenvalue weighted by Gasteiger charge is -2.13. The van der Waals surface area contributed by atoms with Crippen molar-refractivity contribution in [1.82, 2.24) is 0 Å². The highest BCUT2D eigenvalue weighted by Gasteiger charge is 2.09. The number of benzene rings is 2. The van der Waals surface area contributed by atoms with Crippen LogP contribution in [0, 0.1) is 5.92 Å². The molecule has 2 atom stereocenters. The third-order valence-electron chi connectivity index (χ3n) is 3.44. The summed E-state index contributed by atoms with van der Waals surface area (Å²) in [7, 11) is -8.01. The summed E-state index contributed by atoms with van der Waals surface area (Å²) in [6.45, 7) is 5.82. The van der Waals surface area contributed by atoms with Gasteiger partial charge in [-0.2, -0.15) is 16.8 Å². The SMILES string of the molecule is CC(C)CC(O)CC(C)O.O=S(=O)(O)c1ccccc1.O=S(=O)(O)c1ccccc1. The van der Waals surface area contributed by atoms with E-state index < -0.39 is 20.2 Å². The van der Waals surface area contributed by atoms with Crippen molar-refractivity contribution >= 4 is 20.2 Å². The molecule has 0 fully saturated rings. The third kappa shape index (κ3) is 14.2. The van der Waals surface area contributed by atoms with E-state index in [1.807, 2.05) is 0 Å². The van der Waals surface area contributed by atoms with E-state index in [1.165, 1.54) is 24.3 Å². The van der Waals surface area contributed by atoms with Gasteiger partial charge in [-0.1, -0.05) is 50.2 Å². The van der Waals surface area contributed by atoms with E-state index in [1.54, 1.807) is 43.3 Å². The molecular formula is C20H30O8S2. The van der Waals surface area contributed by atoms with Crippen LogP contribution in [-0.4, -0.2) is 48.4 Å². The monoisotopic (exact) mass is 462 g/mol. The second-order valence-electron chi connectivity index (χ2n) is 6.94. The Hall–Kier alpha value is -1.82. The summed E-state index contributed by atoms with van der Waals surface area (Å²) in [5, 5.41) is 18.1. The molecule has 4 N–H and O–H groups in total. The Morgan fingerprint density at radius 2 is 1.00 bits per heavy atom. The van der Waals surface area contributed by atoms with E-state index in [4.69, 9.17) is 14.2 Å². The average molecular weight is 463 g/mol. The molecule has 0 amide bonds. The molecule has 0 bridgehead atoms. The van der Waals surface area contributed by atoms with Crippen LogP contribution < -0.4 is 0 Å². The lowest BCUT2D eigenvalue weighted by molar-refractivity contribution is 0.0772. The summed E-state index contributed by atoms with van der Waals surface area (Å²) in [5.41, 5.74) is 0. The predicted molar refractivity (Wildman–Crippen MR) is 114 cm³/mol. The van der Waals surface area contributed by atoms with Gasteiger partial charge in [0.2, 0.25) is 0 Å². The van der Waals surface area contributed by atoms with Crippen LogP contribution in [0.1, 0.15) is 33.6 Å². The second kappa shape index (κ2) is 13.5. The topological polar surface area (TPSA) is 149 Å². The summed E-state index contributed by atoms with van der Waals surface area (Å²) in [6, 6.07) is 14.8. The summed E-state index contributed by atoms with van der Waals surface area (Å²) >= 11 is 0. The van der Waals surface area contributed by atoms with Gasteiger partial charge in [0.05, 0.1) is 22.0 Å². The molecule has 8 nitrogen and oxygen atoms in total. The Bertz CT molecular complexity index is 832. The molecular weight excluding hydrogens is 432 g/mol. The van der Waals surface area contributed by atoms with Crippen molar-refractivity contribution in [2.24, 2.45) is 5.92 Å². The highest BCUT2D eigenvalue weighted by molar-refractivity contribution is 7.86. The molecule has 0 spiro atoms. The van der Waals surface area contributed by atoms with Gasteiger partial charge in [-0.05, 0) is 49.9 Å². The number of hydrogen-bond donors (Lipinski definition) is 4. The molecule has 0 aliphatic rings. The maximum atomic E-state index is 10.4. The standard InChI is InChI=1S/C8H18O2.2C6H6O3S/c1-6(2)4-8(10)5-7(3)9;2*7-10(8,9)6-4-2-1-3-5-6/h6-10H,4-5H2,1-3H3;2*1-5H,(H,7,8,9). The molecule has 2 unspecified atom stereocenters. The van der Waals surface area contributed by atoms with Crippen LogP contribution in [0.15, 0.2) is 70.5 Å². The first-order valence-corrected chi connectivity index (χ1v) is 12.0. The smallest absolute Gasteiger partial charge is 0.294 e. The van der Waals surface area contributed by atoms with Gasteiger partial charge < -0.3 is 10.2 Å². The molecule has 30 heavy (non-hydrogen) atoms. The molecule has 2 aromatic carbocycles. The average Bonchev–Trinajstić information content (AvgIpc) is 2.61. The van der Waals surface area contributed by atoms with Crippen LogP contribution >= 0.6 is 0 Å². The van der Waals surface area contributed by atoms with E-state index in [0.717, 1.165) is 6.42 Å². The van der Waals surface area contributed by atoms with Crippen molar-refractivity contribution < 1.29 is 36.2 Å². The van der Waals surface area contributed by atoms with Gasteiger partial charge in [-0.25, -0.2) is 0 Å². The minimum absolute atomic E-state index is 0.0741. The fourth-order valence-electron chi connectivity index (χ4n) is 2.22. The zero-order valence-corrected chi connectivity index (χ0v) is 18.8. The fourth-order valence-corrected chi connectivity index (χ4v) is 3.22. The second-order valence-corrected chi connectivity index (χ2v) is 9.79. The summed E-state index contributed by atoms with van der Waals surface area (Å²) in [5.74, 6) is 0.508. The fraction of sp³-hybridized carbons (Fsp3) is 0.400. The molecule has 0 saturated carbocycles. The molecule has 0 heterocycles. The lowest BCUT2D eigenvalue weighted by Crippen LogP contribution is -2.16. The molecule has 0 saturated heterocycles. The van der Waals surface area contributed by atoms with Gasteiger partial charge in [-0.15, -0.1) is 0 Å². The first-order chi connectivity index (χ1) is 13.7. The van der Waals surface area contributed by atoms with Gasteiger partial charge in [0, 0.05) is 0 Å². The highest BCUT2D eigenvalue weighted by atomic mass is 32.2. The van der Waals surface area contributed by atoms with E-state index in [-0.39, 0.29) is 22.0 Å². The first kappa shape index (κ1) is 28.2. The minimum Gasteiger partial charge on any atom is -0.393 e. The van der Waals surface area contributed by atoms with Crippen molar-refractivity contribution in [1.29, 1.82) is 0 Å². The lowest BCUT2D eigenvalue weighted by atomic mass is 10.0. The summed E-state index contributed by atoms with van der Waals surface area (Å²) in [6.07, 6.45) is 0.567. The zero-order valence-electron chi connectivity index (χ0n) is 17.2. The molecule has 2 aromatic rings. The van der Waals surface area contributed by atoms with Gasteiger partial charge in [0.1, 0.15) is 0 Å². The van der Waals surface area contributed by atoms with E-state index in [2.05, 4.69) is 13.8 Å². The van der Waals surface area contributed by atoms with Gasteiger partial charge in [0.25, 0.3) is 20.2 Å². The largest absolute Gasteiger partial charge is 0.393 e. The normalized spacial score (nSPS) is 13.3. The van der Waals surface area contributed by atoms with Crippen LogP contribution in [-0.2, 0) is 20.2 Å². The predicted octanol–water partition coefficient (Wildman–Crippen LogP) is 3.03. The van der Waals surface area contributed by atoms with E-state index in [9.17, 15) is 21.9 Å². The maximum absolute atomic E-state index is 10.4. The van der Waals surface area contributed by atoms with Crippen LogP contribution in [0.5, 0.6) is 0 Å². The first-order valence-electron chi connectivity index (χ1n) is 9.14. The van der Waals surface area contributed by atoms with Gasteiger partial charge >= 0.3 is 0 Å². The molecule has 0 radical (unpaired) electrons. The number of hydrogen-bond acceptors (Lipinski definition) is 6. The van der Waals surface area contributed by atoms with Gasteiger partial charge in [-0.3, -0.25) is 9.11 Å². The van der Waals surface area contributed by atoms with Crippen molar-refractivity contribution in [3.63, 3.8) is 0 Å². The Balaban J connectivity index is 0.000000420. The quantitative estimate of drug-likeness (QED) is 0.479.